The zero-order chi connectivity index (χ0) is 18.9. The standard InChI is InChI=1S/C20H27N3O3/c1-13(2)15-9-7-8-14(3)17(15)21-16(24)12-23-18(25)20(22-19(23)26)10-5-4-6-11-20/h7-9,13H,4-6,10-12H2,1-3H3,(H,21,24)(H,22,26). The number of anilines is 1. The summed E-state index contributed by atoms with van der Waals surface area (Å²) in [5.41, 5.74) is 1.98. The number of hydrogen-bond acceptors (Lipinski definition) is 3. The first-order valence-corrected chi connectivity index (χ1v) is 9.37. The van der Waals surface area contributed by atoms with Crippen molar-refractivity contribution in [1.29, 1.82) is 0 Å². The largest absolute Gasteiger partial charge is 0.325 e. The molecule has 0 atom stereocenters. The van der Waals surface area contributed by atoms with Gasteiger partial charge in [0.2, 0.25) is 5.91 Å². The fourth-order valence-corrected chi connectivity index (χ4v) is 3.98. The van der Waals surface area contributed by atoms with Gasteiger partial charge in [-0.3, -0.25) is 14.5 Å². The lowest BCUT2D eigenvalue weighted by atomic mass is 9.82. The molecule has 0 radical (unpaired) electrons. The third-order valence-corrected chi connectivity index (χ3v) is 5.45. The molecule has 0 bridgehead atoms. The molecule has 1 aromatic rings. The number of aryl methyl sites for hydroxylation is 1. The molecule has 0 unspecified atom stereocenters. The van der Waals surface area contributed by atoms with Crippen LogP contribution < -0.4 is 10.6 Å². The predicted molar refractivity (Wildman–Crippen MR) is 100.0 cm³/mol. The summed E-state index contributed by atoms with van der Waals surface area (Å²) < 4.78 is 0. The summed E-state index contributed by atoms with van der Waals surface area (Å²) in [6.07, 6.45) is 4.24. The normalized spacial score (nSPS) is 19.2. The van der Waals surface area contributed by atoms with Gasteiger partial charge in [-0.25, -0.2) is 4.79 Å². The van der Waals surface area contributed by atoms with Crippen LogP contribution in [0.15, 0.2) is 18.2 Å². The Hall–Kier alpha value is -2.37. The first-order chi connectivity index (χ1) is 12.3. The monoisotopic (exact) mass is 357 g/mol. The number of para-hydroxylation sites is 1. The lowest BCUT2D eigenvalue weighted by Gasteiger charge is -2.30. The summed E-state index contributed by atoms with van der Waals surface area (Å²) in [5, 5.41) is 5.74. The van der Waals surface area contributed by atoms with Gasteiger partial charge in [-0.2, -0.15) is 0 Å². The van der Waals surface area contributed by atoms with Gasteiger partial charge in [-0.1, -0.05) is 51.3 Å². The molecule has 2 fully saturated rings. The van der Waals surface area contributed by atoms with E-state index in [4.69, 9.17) is 0 Å². The number of carbonyl (C=O) groups excluding carboxylic acids is 3. The van der Waals surface area contributed by atoms with Gasteiger partial charge in [0.25, 0.3) is 5.91 Å². The number of carbonyl (C=O) groups is 3. The number of hydrogen-bond donors (Lipinski definition) is 2. The lowest BCUT2D eigenvalue weighted by Crippen LogP contribution is -2.48. The molecule has 1 saturated heterocycles. The van der Waals surface area contributed by atoms with Crippen LogP contribution in [-0.4, -0.2) is 34.8 Å². The number of amides is 4. The van der Waals surface area contributed by atoms with Gasteiger partial charge < -0.3 is 10.6 Å². The highest BCUT2D eigenvalue weighted by Crippen LogP contribution is 2.33. The minimum absolute atomic E-state index is 0.252. The second-order valence-electron chi connectivity index (χ2n) is 7.71. The molecular formula is C20H27N3O3. The maximum absolute atomic E-state index is 12.8. The van der Waals surface area contributed by atoms with Gasteiger partial charge in [-0.05, 0) is 36.8 Å². The zero-order valence-electron chi connectivity index (χ0n) is 15.7. The van der Waals surface area contributed by atoms with E-state index in [1.807, 2.05) is 25.1 Å². The Morgan fingerprint density at radius 1 is 1.23 bits per heavy atom. The Balaban J connectivity index is 1.73. The van der Waals surface area contributed by atoms with Crippen molar-refractivity contribution in [3.63, 3.8) is 0 Å². The molecule has 0 aromatic heterocycles. The number of rotatable bonds is 4. The molecule has 3 rings (SSSR count). The van der Waals surface area contributed by atoms with Gasteiger partial charge in [0.15, 0.2) is 0 Å². The van der Waals surface area contributed by atoms with Crippen molar-refractivity contribution in [3.05, 3.63) is 29.3 Å². The third kappa shape index (κ3) is 3.32. The van der Waals surface area contributed by atoms with Crippen LogP contribution in [0.3, 0.4) is 0 Å². The molecule has 1 aromatic carbocycles. The van der Waals surface area contributed by atoms with Crippen molar-refractivity contribution >= 4 is 23.5 Å². The van der Waals surface area contributed by atoms with Crippen LogP contribution in [0.1, 0.15) is 63.0 Å². The van der Waals surface area contributed by atoms with Gasteiger partial charge in [0.05, 0.1) is 0 Å². The number of urea groups is 1. The summed E-state index contributed by atoms with van der Waals surface area (Å²) in [4.78, 5) is 38.7. The molecule has 1 heterocycles. The summed E-state index contributed by atoms with van der Waals surface area (Å²) in [7, 11) is 0. The molecule has 2 N–H and O–H groups in total. The average Bonchev–Trinajstić information content (AvgIpc) is 2.81. The molecule has 4 amide bonds. The SMILES string of the molecule is Cc1cccc(C(C)C)c1NC(=O)CN1C(=O)NC2(CCCCC2)C1=O. The van der Waals surface area contributed by atoms with Crippen molar-refractivity contribution in [1.82, 2.24) is 10.2 Å². The van der Waals surface area contributed by atoms with Crippen LogP contribution in [0.2, 0.25) is 0 Å². The van der Waals surface area contributed by atoms with Crippen molar-refractivity contribution in [3.8, 4) is 0 Å². The Morgan fingerprint density at radius 2 is 1.92 bits per heavy atom. The van der Waals surface area contributed by atoms with Crippen LogP contribution in [0.5, 0.6) is 0 Å². The molecule has 6 heteroatoms. The quantitative estimate of drug-likeness (QED) is 0.812. The number of benzene rings is 1. The van der Waals surface area contributed by atoms with E-state index in [2.05, 4.69) is 24.5 Å². The molecule has 1 spiro atoms. The van der Waals surface area contributed by atoms with Crippen molar-refractivity contribution in [2.24, 2.45) is 0 Å². The zero-order valence-corrected chi connectivity index (χ0v) is 15.7. The molecule has 2 aliphatic rings. The Bertz CT molecular complexity index is 736. The van der Waals surface area contributed by atoms with Crippen LogP contribution in [0.4, 0.5) is 10.5 Å². The van der Waals surface area contributed by atoms with E-state index in [0.29, 0.717) is 12.8 Å². The van der Waals surface area contributed by atoms with Gasteiger partial charge in [-0.15, -0.1) is 0 Å². The first-order valence-electron chi connectivity index (χ1n) is 9.37. The lowest BCUT2D eigenvalue weighted by molar-refractivity contribution is -0.134. The molecule has 26 heavy (non-hydrogen) atoms. The minimum atomic E-state index is -0.790. The highest BCUT2D eigenvalue weighted by Gasteiger charge is 2.51. The number of nitrogens with one attached hydrogen (secondary N) is 2. The molecular weight excluding hydrogens is 330 g/mol. The van der Waals surface area contributed by atoms with Crippen LogP contribution >= 0.6 is 0 Å². The summed E-state index contributed by atoms with van der Waals surface area (Å²) in [6, 6.07) is 5.43. The summed E-state index contributed by atoms with van der Waals surface area (Å²) >= 11 is 0. The summed E-state index contributed by atoms with van der Waals surface area (Å²) in [6.45, 7) is 5.81. The topological polar surface area (TPSA) is 78.5 Å². The highest BCUT2D eigenvalue weighted by atomic mass is 16.2. The van der Waals surface area contributed by atoms with E-state index in [1.165, 1.54) is 0 Å². The summed E-state index contributed by atoms with van der Waals surface area (Å²) in [5.74, 6) is -0.351. The first kappa shape index (κ1) is 18.4. The average molecular weight is 357 g/mol. The van der Waals surface area contributed by atoms with E-state index in [1.54, 1.807) is 0 Å². The van der Waals surface area contributed by atoms with E-state index >= 15 is 0 Å². The van der Waals surface area contributed by atoms with Crippen LogP contribution in [-0.2, 0) is 9.59 Å². The molecule has 1 saturated carbocycles. The van der Waals surface area contributed by atoms with Gasteiger partial charge in [0.1, 0.15) is 12.1 Å². The van der Waals surface area contributed by atoms with Crippen LogP contribution in [0, 0.1) is 6.92 Å². The second-order valence-corrected chi connectivity index (χ2v) is 7.71. The molecule has 6 nitrogen and oxygen atoms in total. The third-order valence-electron chi connectivity index (χ3n) is 5.45. The highest BCUT2D eigenvalue weighted by molar-refractivity contribution is 6.10. The minimum Gasteiger partial charge on any atom is -0.324 e. The van der Waals surface area contributed by atoms with Crippen molar-refractivity contribution < 1.29 is 14.4 Å². The molecule has 1 aliphatic carbocycles. The van der Waals surface area contributed by atoms with E-state index in [9.17, 15) is 14.4 Å². The maximum Gasteiger partial charge on any atom is 0.325 e. The van der Waals surface area contributed by atoms with E-state index < -0.39 is 11.6 Å². The smallest absolute Gasteiger partial charge is 0.324 e. The van der Waals surface area contributed by atoms with E-state index in [0.717, 1.165) is 41.0 Å². The van der Waals surface area contributed by atoms with E-state index in [-0.39, 0.29) is 24.3 Å². The Labute approximate surface area is 154 Å². The Kier molecular flexibility index (Phi) is 5.03. The van der Waals surface area contributed by atoms with Crippen molar-refractivity contribution in [2.75, 3.05) is 11.9 Å². The van der Waals surface area contributed by atoms with Gasteiger partial charge in [0, 0.05) is 5.69 Å². The van der Waals surface area contributed by atoms with Crippen LogP contribution in [0.25, 0.3) is 0 Å². The fraction of sp³-hybridized carbons (Fsp3) is 0.550. The molecule has 140 valence electrons. The maximum atomic E-state index is 12.8. The number of nitrogens with zero attached hydrogens (tertiary/aromatic N) is 1. The molecule has 1 aliphatic heterocycles. The number of imide groups is 1. The van der Waals surface area contributed by atoms with Crippen molar-refractivity contribution in [2.45, 2.75) is 64.3 Å². The predicted octanol–water partition coefficient (Wildman–Crippen LogP) is 3.31. The second kappa shape index (κ2) is 7.09. The van der Waals surface area contributed by atoms with Gasteiger partial charge >= 0.3 is 6.03 Å². The Morgan fingerprint density at radius 3 is 2.58 bits per heavy atom. The fourth-order valence-electron chi connectivity index (χ4n) is 3.98.